The standard InChI is InChI=1S/C22H22N4O4/c1-30-19-5-3-2-4-15(19)9-11-26-21(28)18(25-22(26)29)13-20(27)24-16-7-6-14-8-10-23-17(14)12-16/h2-8,10,12,18,23H,9,11,13H2,1H3,(H,24,27)(H,25,29)/t18-/m1/s1. The molecule has 0 unspecified atom stereocenters. The number of benzene rings is 2. The maximum atomic E-state index is 12.6. The van der Waals surface area contributed by atoms with Crippen LogP contribution in [0.15, 0.2) is 54.7 Å². The molecule has 1 fully saturated rings. The molecule has 0 radical (unpaired) electrons. The van der Waals surface area contributed by atoms with Gasteiger partial charge in [-0.2, -0.15) is 0 Å². The van der Waals surface area contributed by atoms with Gasteiger partial charge in [0.2, 0.25) is 5.91 Å². The molecule has 8 nitrogen and oxygen atoms in total. The number of para-hydroxylation sites is 1. The van der Waals surface area contributed by atoms with E-state index in [1.807, 2.05) is 48.7 Å². The lowest BCUT2D eigenvalue weighted by Gasteiger charge is -2.14. The van der Waals surface area contributed by atoms with Crippen LogP contribution in [-0.4, -0.2) is 47.4 Å². The molecule has 154 valence electrons. The van der Waals surface area contributed by atoms with Crippen molar-refractivity contribution in [3.05, 3.63) is 60.3 Å². The van der Waals surface area contributed by atoms with E-state index in [9.17, 15) is 14.4 Å². The van der Waals surface area contributed by atoms with E-state index in [1.165, 1.54) is 0 Å². The molecule has 0 saturated carbocycles. The summed E-state index contributed by atoms with van der Waals surface area (Å²) in [7, 11) is 1.58. The lowest BCUT2D eigenvalue weighted by molar-refractivity contribution is -0.129. The first-order valence-corrected chi connectivity index (χ1v) is 9.66. The van der Waals surface area contributed by atoms with Crippen LogP contribution in [0.2, 0.25) is 0 Å². The third kappa shape index (κ3) is 3.98. The van der Waals surface area contributed by atoms with Gasteiger partial charge in [0, 0.05) is 23.9 Å². The fourth-order valence-electron chi connectivity index (χ4n) is 3.59. The van der Waals surface area contributed by atoms with Crippen molar-refractivity contribution in [1.82, 2.24) is 15.2 Å². The lowest BCUT2D eigenvalue weighted by Crippen LogP contribution is -2.35. The van der Waals surface area contributed by atoms with Crippen molar-refractivity contribution in [1.29, 1.82) is 0 Å². The van der Waals surface area contributed by atoms with Crippen molar-refractivity contribution >= 4 is 34.4 Å². The number of urea groups is 1. The molecule has 30 heavy (non-hydrogen) atoms. The van der Waals surface area contributed by atoms with Crippen molar-refractivity contribution in [2.24, 2.45) is 0 Å². The highest BCUT2D eigenvalue weighted by molar-refractivity contribution is 6.07. The molecule has 0 bridgehead atoms. The van der Waals surface area contributed by atoms with Crippen LogP contribution < -0.4 is 15.4 Å². The summed E-state index contributed by atoms with van der Waals surface area (Å²) in [5.41, 5.74) is 2.43. The first-order chi connectivity index (χ1) is 14.5. The summed E-state index contributed by atoms with van der Waals surface area (Å²) in [5, 5.41) is 6.42. The van der Waals surface area contributed by atoms with Crippen LogP contribution in [0.3, 0.4) is 0 Å². The topological polar surface area (TPSA) is 104 Å². The van der Waals surface area contributed by atoms with Gasteiger partial charge in [0.15, 0.2) is 0 Å². The third-order valence-electron chi connectivity index (χ3n) is 5.13. The number of methoxy groups -OCH3 is 1. The minimum absolute atomic E-state index is 0.126. The van der Waals surface area contributed by atoms with Crippen LogP contribution in [-0.2, 0) is 16.0 Å². The molecule has 1 atom stereocenters. The summed E-state index contributed by atoms with van der Waals surface area (Å²) in [4.78, 5) is 41.5. The zero-order valence-electron chi connectivity index (χ0n) is 16.5. The number of rotatable bonds is 7. The Morgan fingerprint density at radius 1 is 1.17 bits per heavy atom. The summed E-state index contributed by atoms with van der Waals surface area (Å²) < 4.78 is 5.31. The molecule has 2 heterocycles. The Balaban J connectivity index is 1.35. The van der Waals surface area contributed by atoms with Crippen molar-refractivity contribution in [2.45, 2.75) is 18.9 Å². The van der Waals surface area contributed by atoms with Crippen molar-refractivity contribution in [3.63, 3.8) is 0 Å². The monoisotopic (exact) mass is 406 g/mol. The van der Waals surface area contributed by atoms with Gasteiger partial charge in [-0.15, -0.1) is 0 Å². The number of imide groups is 1. The van der Waals surface area contributed by atoms with Crippen molar-refractivity contribution in [2.75, 3.05) is 19.0 Å². The molecule has 3 aromatic rings. The fourth-order valence-corrected chi connectivity index (χ4v) is 3.59. The number of aromatic nitrogens is 1. The molecule has 8 heteroatoms. The molecule has 2 aromatic carbocycles. The Kier molecular flexibility index (Phi) is 5.38. The summed E-state index contributed by atoms with van der Waals surface area (Å²) in [6.07, 6.45) is 2.17. The Labute approximate surface area is 173 Å². The molecule has 1 aliphatic rings. The van der Waals surface area contributed by atoms with Crippen LogP contribution in [0.25, 0.3) is 10.9 Å². The Morgan fingerprint density at radius 2 is 2.00 bits per heavy atom. The van der Waals surface area contributed by atoms with Crippen LogP contribution in [0.1, 0.15) is 12.0 Å². The molecule has 1 saturated heterocycles. The highest BCUT2D eigenvalue weighted by Gasteiger charge is 2.38. The van der Waals surface area contributed by atoms with Gasteiger partial charge in [-0.1, -0.05) is 24.3 Å². The van der Waals surface area contributed by atoms with Crippen molar-refractivity contribution in [3.8, 4) is 5.75 Å². The predicted octanol–water partition coefficient (Wildman–Crippen LogP) is 2.67. The summed E-state index contributed by atoms with van der Waals surface area (Å²) in [6.45, 7) is 0.215. The number of H-pyrrole nitrogens is 1. The Morgan fingerprint density at radius 3 is 2.83 bits per heavy atom. The average Bonchev–Trinajstić information content (AvgIpc) is 3.30. The number of nitrogens with one attached hydrogen (secondary N) is 3. The minimum Gasteiger partial charge on any atom is -0.496 e. The quantitative estimate of drug-likeness (QED) is 0.525. The highest BCUT2D eigenvalue weighted by atomic mass is 16.5. The van der Waals surface area contributed by atoms with E-state index in [0.717, 1.165) is 21.4 Å². The van der Waals surface area contributed by atoms with E-state index in [2.05, 4.69) is 15.6 Å². The summed E-state index contributed by atoms with van der Waals surface area (Å²) in [5.74, 6) is -0.0319. The number of ether oxygens (including phenoxy) is 1. The number of anilines is 1. The molecule has 4 rings (SSSR count). The lowest BCUT2D eigenvalue weighted by atomic mass is 10.1. The van der Waals surface area contributed by atoms with Gasteiger partial charge in [0.25, 0.3) is 5.91 Å². The molecule has 1 aliphatic heterocycles. The zero-order chi connectivity index (χ0) is 21.1. The molecule has 0 aliphatic carbocycles. The smallest absolute Gasteiger partial charge is 0.324 e. The second-order valence-corrected chi connectivity index (χ2v) is 7.09. The summed E-state index contributed by atoms with van der Waals surface area (Å²) in [6, 6.07) is 13.5. The molecule has 0 spiro atoms. The third-order valence-corrected chi connectivity index (χ3v) is 5.13. The fraction of sp³-hybridized carbons (Fsp3) is 0.227. The largest absolute Gasteiger partial charge is 0.496 e. The Hall–Kier alpha value is -3.81. The maximum absolute atomic E-state index is 12.6. The molecule has 3 N–H and O–H groups in total. The number of hydrogen-bond donors (Lipinski definition) is 3. The van der Waals surface area contributed by atoms with Gasteiger partial charge in [-0.3, -0.25) is 14.5 Å². The maximum Gasteiger partial charge on any atom is 0.324 e. The average molecular weight is 406 g/mol. The van der Waals surface area contributed by atoms with E-state index in [0.29, 0.717) is 17.9 Å². The van der Waals surface area contributed by atoms with Crippen LogP contribution >= 0.6 is 0 Å². The summed E-state index contributed by atoms with van der Waals surface area (Å²) >= 11 is 0. The van der Waals surface area contributed by atoms with E-state index in [-0.39, 0.29) is 18.9 Å². The van der Waals surface area contributed by atoms with Gasteiger partial charge in [-0.25, -0.2) is 4.79 Å². The van der Waals surface area contributed by atoms with E-state index >= 15 is 0 Å². The molecular weight excluding hydrogens is 384 g/mol. The molecule has 1 aromatic heterocycles. The van der Waals surface area contributed by atoms with E-state index in [1.54, 1.807) is 13.2 Å². The normalized spacial score (nSPS) is 16.0. The van der Waals surface area contributed by atoms with Crippen LogP contribution in [0, 0.1) is 0 Å². The van der Waals surface area contributed by atoms with E-state index < -0.39 is 18.0 Å². The number of amides is 4. The van der Waals surface area contributed by atoms with Gasteiger partial charge in [0.1, 0.15) is 11.8 Å². The Bertz CT molecular complexity index is 1110. The van der Waals surface area contributed by atoms with Crippen molar-refractivity contribution < 1.29 is 19.1 Å². The van der Waals surface area contributed by atoms with Gasteiger partial charge < -0.3 is 20.4 Å². The number of aromatic amines is 1. The second-order valence-electron chi connectivity index (χ2n) is 7.09. The number of fused-ring (bicyclic) bond motifs is 1. The molecule has 4 amide bonds. The molecular formula is C22H22N4O4. The first-order valence-electron chi connectivity index (χ1n) is 9.66. The van der Waals surface area contributed by atoms with E-state index in [4.69, 9.17) is 4.74 Å². The zero-order valence-corrected chi connectivity index (χ0v) is 16.5. The van der Waals surface area contributed by atoms with Crippen LogP contribution in [0.4, 0.5) is 10.5 Å². The van der Waals surface area contributed by atoms with Crippen LogP contribution in [0.5, 0.6) is 5.75 Å². The number of carbonyl (C=O) groups excluding carboxylic acids is 3. The first kappa shape index (κ1) is 19.5. The predicted molar refractivity (Wildman–Crippen MR) is 112 cm³/mol. The van der Waals surface area contributed by atoms with Gasteiger partial charge in [0.05, 0.1) is 13.5 Å². The highest BCUT2D eigenvalue weighted by Crippen LogP contribution is 2.20. The number of nitrogens with zero attached hydrogens (tertiary/aromatic N) is 1. The number of hydrogen-bond acceptors (Lipinski definition) is 4. The van der Waals surface area contributed by atoms with Gasteiger partial charge in [-0.05, 0) is 41.6 Å². The minimum atomic E-state index is -0.871. The van der Waals surface area contributed by atoms with Gasteiger partial charge >= 0.3 is 6.03 Å². The number of carbonyl (C=O) groups is 3. The SMILES string of the molecule is COc1ccccc1CCN1C(=O)N[C@H](CC(=O)Nc2ccc3cc[nH]c3c2)C1=O. The second kappa shape index (κ2) is 8.28.